The molecule has 4 aromatic rings. The molecule has 0 saturated carbocycles. The number of carbonyl (C=O) groups is 1. The topological polar surface area (TPSA) is 132 Å². The Kier molecular flexibility index (Phi) is 7.82. The summed E-state index contributed by atoms with van der Waals surface area (Å²) >= 11 is 0. The largest absolute Gasteiger partial charge is 0.453 e. The molecule has 2 aliphatic rings. The highest BCUT2D eigenvalue weighted by molar-refractivity contribution is 5.74. The third-order valence-electron chi connectivity index (χ3n) is 8.53. The van der Waals surface area contributed by atoms with Gasteiger partial charge in [-0.1, -0.05) is 6.92 Å². The fraction of sp³-hybridized carbons (Fsp3) is 0.400. The fourth-order valence-corrected chi connectivity index (χ4v) is 6.20. The maximum absolute atomic E-state index is 15.4. The number of imidazole rings is 1. The number of nitrogens with zero attached hydrogens (tertiary/aromatic N) is 6. The molecular weight excluding hydrogens is 574 g/mol. The van der Waals surface area contributed by atoms with Gasteiger partial charge in [0.15, 0.2) is 0 Å². The van der Waals surface area contributed by atoms with E-state index in [4.69, 9.17) is 19.9 Å². The quantitative estimate of drug-likeness (QED) is 0.321. The van der Waals surface area contributed by atoms with Crippen LogP contribution in [0.1, 0.15) is 12.5 Å². The number of aromatic nitrogens is 4. The lowest BCUT2D eigenvalue weighted by atomic mass is 9.89. The first-order valence-electron chi connectivity index (χ1n) is 14.2. The Morgan fingerprint density at radius 3 is 2.55 bits per heavy atom. The molecule has 12 nitrogen and oxygen atoms in total. The Morgan fingerprint density at radius 2 is 1.91 bits per heavy atom. The molecule has 1 aromatic carbocycles. The number of fused-ring (bicyclic) bond motifs is 1. The van der Waals surface area contributed by atoms with Crippen LogP contribution >= 0.6 is 0 Å². The van der Waals surface area contributed by atoms with E-state index in [9.17, 15) is 4.79 Å². The highest BCUT2D eigenvalue weighted by atomic mass is 19.1. The van der Waals surface area contributed by atoms with Crippen LogP contribution in [0.25, 0.3) is 16.8 Å². The number of likely N-dealkylation sites (N-methyl/N-ethyl adjacent to an activating group) is 1. The average Bonchev–Trinajstić information content (AvgIpc) is 3.37. The van der Waals surface area contributed by atoms with Gasteiger partial charge in [-0.25, -0.2) is 18.6 Å². The van der Waals surface area contributed by atoms with Crippen LogP contribution in [0, 0.1) is 17.6 Å². The number of benzene rings is 1. The first-order valence-corrected chi connectivity index (χ1v) is 14.2. The lowest BCUT2D eigenvalue weighted by Gasteiger charge is -2.45. The van der Waals surface area contributed by atoms with Crippen molar-refractivity contribution in [3.8, 4) is 11.3 Å². The van der Waals surface area contributed by atoms with E-state index in [1.165, 1.54) is 30.9 Å². The van der Waals surface area contributed by atoms with Crippen molar-refractivity contribution in [1.82, 2.24) is 24.5 Å². The van der Waals surface area contributed by atoms with Crippen LogP contribution in [0.4, 0.5) is 30.9 Å². The SMILES string of the molecule is COC(=O)N(C)[C@@H]1[C@H](N)CN(c2ccncc2Nc2ncc3ccc(-c4c(F)cc(C5(OC)COC5)cc4F)nn23)C[C@@H]1C. The van der Waals surface area contributed by atoms with Crippen LogP contribution in [0.15, 0.2) is 48.9 Å². The summed E-state index contributed by atoms with van der Waals surface area (Å²) in [6.45, 7) is 3.58. The predicted octanol–water partition coefficient (Wildman–Crippen LogP) is 3.54. The number of amides is 1. The average molecular weight is 609 g/mol. The zero-order chi connectivity index (χ0) is 31.2. The normalized spacial score (nSPS) is 21.2. The molecule has 3 N–H and O–H groups in total. The van der Waals surface area contributed by atoms with Gasteiger partial charge in [-0.2, -0.15) is 9.61 Å². The van der Waals surface area contributed by atoms with Gasteiger partial charge in [-0.05, 0) is 41.8 Å². The number of nitrogens with one attached hydrogen (secondary N) is 1. The number of methoxy groups -OCH3 is 2. The zero-order valence-corrected chi connectivity index (χ0v) is 24.8. The Bertz CT molecular complexity index is 1660. The van der Waals surface area contributed by atoms with Gasteiger partial charge in [-0.3, -0.25) is 4.98 Å². The summed E-state index contributed by atoms with van der Waals surface area (Å²) in [6, 6.07) is 7.10. The number of hydrogen-bond acceptors (Lipinski definition) is 10. The molecule has 0 aliphatic carbocycles. The molecule has 232 valence electrons. The molecule has 0 radical (unpaired) electrons. The maximum Gasteiger partial charge on any atom is 0.409 e. The summed E-state index contributed by atoms with van der Waals surface area (Å²) in [7, 11) is 4.53. The number of hydrogen-bond donors (Lipinski definition) is 2. The third-order valence-corrected chi connectivity index (χ3v) is 8.53. The molecule has 14 heteroatoms. The van der Waals surface area contributed by atoms with Crippen LogP contribution in [0.2, 0.25) is 0 Å². The first kappa shape index (κ1) is 29.7. The summed E-state index contributed by atoms with van der Waals surface area (Å²) in [5, 5.41) is 7.83. The number of halogens is 2. The standard InChI is InChI=1S/C30H34F2N8O4/c1-17-13-39(14-22(33)27(17)38(2)29(41)42-3)25-7-8-34-12-24(25)36-28-35-11-19-5-6-23(37-40(19)28)26-20(31)9-18(10-21(26)32)30(43-4)15-44-16-30/h5-12,17,22,27H,13-16,33H2,1-4H3,(H,35,36)/t17-,22+,27-/m0/s1. The molecule has 3 atom stereocenters. The molecule has 1 amide bonds. The predicted molar refractivity (Wildman–Crippen MR) is 159 cm³/mol. The van der Waals surface area contributed by atoms with Gasteiger partial charge >= 0.3 is 6.09 Å². The van der Waals surface area contributed by atoms with Gasteiger partial charge < -0.3 is 35.1 Å². The van der Waals surface area contributed by atoms with Gasteiger partial charge in [0.1, 0.15) is 17.2 Å². The van der Waals surface area contributed by atoms with Gasteiger partial charge in [0.2, 0.25) is 5.95 Å². The van der Waals surface area contributed by atoms with Crippen molar-refractivity contribution in [2.24, 2.45) is 11.7 Å². The number of ether oxygens (including phenoxy) is 3. The second kappa shape index (κ2) is 11.6. The van der Waals surface area contributed by atoms with E-state index in [0.29, 0.717) is 35.8 Å². The van der Waals surface area contributed by atoms with Crippen molar-refractivity contribution in [2.45, 2.75) is 24.6 Å². The minimum Gasteiger partial charge on any atom is -0.453 e. The lowest BCUT2D eigenvalue weighted by Crippen LogP contribution is -2.62. The second-order valence-corrected chi connectivity index (χ2v) is 11.3. The van der Waals surface area contributed by atoms with Gasteiger partial charge in [0, 0.05) is 39.5 Å². The van der Waals surface area contributed by atoms with Crippen LogP contribution in [-0.4, -0.2) is 90.2 Å². The molecule has 2 aliphatic heterocycles. The van der Waals surface area contributed by atoms with Crippen molar-refractivity contribution < 1.29 is 27.8 Å². The van der Waals surface area contributed by atoms with Crippen LogP contribution in [-0.2, 0) is 19.8 Å². The summed E-state index contributed by atoms with van der Waals surface area (Å²) in [5.41, 5.74) is 8.00. The van der Waals surface area contributed by atoms with Crippen LogP contribution in [0.5, 0.6) is 0 Å². The monoisotopic (exact) mass is 608 g/mol. The molecule has 6 rings (SSSR count). The summed E-state index contributed by atoms with van der Waals surface area (Å²) in [6.07, 6.45) is 4.52. The van der Waals surface area contributed by atoms with Crippen molar-refractivity contribution in [3.63, 3.8) is 0 Å². The molecule has 0 bridgehead atoms. The van der Waals surface area contributed by atoms with E-state index in [2.05, 4.69) is 25.3 Å². The highest BCUT2D eigenvalue weighted by Crippen LogP contribution is 2.37. The minimum absolute atomic E-state index is 0.0344. The molecule has 0 spiro atoms. The third kappa shape index (κ3) is 5.08. The Labute approximate surface area is 252 Å². The molecule has 2 saturated heterocycles. The van der Waals surface area contributed by atoms with Crippen molar-refractivity contribution in [2.75, 3.05) is 57.8 Å². The van der Waals surface area contributed by atoms with Gasteiger partial charge in [0.05, 0.1) is 66.9 Å². The van der Waals surface area contributed by atoms with Gasteiger partial charge in [-0.15, -0.1) is 0 Å². The van der Waals surface area contributed by atoms with Crippen molar-refractivity contribution >= 4 is 28.9 Å². The Hall–Kier alpha value is -4.40. The molecule has 5 heterocycles. The van der Waals surface area contributed by atoms with E-state index in [1.807, 2.05) is 13.0 Å². The fourth-order valence-electron chi connectivity index (χ4n) is 6.20. The number of pyridine rings is 1. The lowest BCUT2D eigenvalue weighted by molar-refractivity contribution is -0.202. The minimum atomic E-state index is -0.866. The van der Waals surface area contributed by atoms with Crippen molar-refractivity contribution in [1.29, 1.82) is 0 Å². The Morgan fingerprint density at radius 1 is 1.16 bits per heavy atom. The maximum atomic E-state index is 15.4. The van der Waals surface area contributed by atoms with Gasteiger partial charge in [0.25, 0.3) is 0 Å². The van der Waals surface area contributed by atoms with Crippen LogP contribution < -0.4 is 16.0 Å². The summed E-state index contributed by atoms with van der Waals surface area (Å²) in [5.74, 6) is -1.15. The van der Waals surface area contributed by atoms with Crippen molar-refractivity contribution in [3.05, 3.63) is 66.1 Å². The molecule has 2 fully saturated rings. The number of piperidine rings is 1. The summed E-state index contributed by atoms with van der Waals surface area (Å²) < 4.78 is 47.9. The first-order chi connectivity index (χ1) is 21.2. The summed E-state index contributed by atoms with van der Waals surface area (Å²) in [4.78, 5) is 24.6. The van der Waals surface area contributed by atoms with E-state index < -0.39 is 23.3 Å². The molecule has 44 heavy (non-hydrogen) atoms. The zero-order valence-electron chi connectivity index (χ0n) is 24.8. The van der Waals surface area contributed by atoms with E-state index in [0.717, 1.165) is 5.69 Å². The second-order valence-electron chi connectivity index (χ2n) is 11.3. The van der Waals surface area contributed by atoms with E-state index in [1.54, 1.807) is 42.7 Å². The molecule has 0 unspecified atom stereocenters. The van der Waals surface area contributed by atoms with Crippen LogP contribution in [0.3, 0.4) is 0 Å². The number of carbonyl (C=O) groups excluding carboxylic acids is 1. The smallest absolute Gasteiger partial charge is 0.409 e. The number of anilines is 3. The Balaban J connectivity index is 1.28. The van der Waals surface area contributed by atoms with E-state index >= 15 is 8.78 Å². The number of rotatable bonds is 7. The number of nitrogens with two attached hydrogens (primary N) is 1. The molecular formula is C30H34F2N8O4. The molecule has 3 aromatic heterocycles. The highest BCUT2D eigenvalue weighted by Gasteiger charge is 2.42. The van der Waals surface area contributed by atoms with E-state index in [-0.39, 0.29) is 42.5 Å².